The van der Waals surface area contributed by atoms with Crippen LogP contribution in [0.4, 0.5) is 0 Å². The standard InChI is InChI=1S/C18H29N5O6S2/c19-10(8-30)17(27)23-6-2-3-12(23)15(25)20-7-14(24)22-5-1-4-13(22)16(26)21-11(9-31)18(28)29/h10-13,30-31H,1-9,19H2,(H,20,25)(H,21,26)(H,28,29)/t10-,11-,12-,13-/m0/s1. The summed E-state index contributed by atoms with van der Waals surface area (Å²) in [7, 11) is 0. The van der Waals surface area contributed by atoms with Crippen molar-refractivity contribution in [3.05, 3.63) is 0 Å². The van der Waals surface area contributed by atoms with Gasteiger partial charge in [-0.1, -0.05) is 0 Å². The van der Waals surface area contributed by atoms with Crippen molar-refractivity contribution in [1.29, 1.82) is 0 Å². The van der Waals surface area contributed by atoms with Gasteiger partial charge in [0, 0.05) is 24.6 Å². The first-order valence-electron chi connectivity index (χ1n) is 10.1. The Labute approximate surface area is 191 Å². The number of nitrogens with two attached hydrogens (primary N) is 1. The molecular formula is C18H29N5O6S2. The number of carboxylic acids is 1. The van der Waals surface area contributed by atoms with Gasteiger partial charge in [0.1, 0.15) is 18.1 Å². The van der Waals surface area contributed by atoms with E-state index in [-0.39, 0.29) is 24.0 Å². The van der Waals surface area contributed by atoms with Crippen LogP contribution in [0.15, 0.2) is 0 Å². The number of thiol groups is 2. The van der Waals surface area contributed by atoms with Gasteiger partial charge in [0.2, 0.25) is 23.6 Å². The molecule has 0 unspecified atom stereocenters. The predicted molar refractivity (Wildman–Crippen MR) is 118 cm³/mol. The maximum absolute atomic E-state index is 12.6. The van der Waals surface area contributed by atoms with Gasteiger partial charge in [0.25, 0.3) is 0 Å². The van der Waals surface area contributed by atoms with Crippen molar-refractivity contribution in [1.82, 2.24) is 20.4 Å². The molecule has 2 aliphatic heterocycles. The van der Waals surface area contributed by atoms with Gasteiger partial charge in [-0.15, -0.1) is 0 Å². The fourth-order valence-electron chi connectivity index (χ4n) is 3.77. The number of nitrogens with one attached hydrogen (secondary N) is 2. The number of carbonyl (C=O) groups excluding carboxylic acids is 4. The Morgan fingerprint density at radius 2 is 1.55 bits per heavy atom. The first kappa shape index (κ1) is 25.3. The summed E-state index contributed by atoms with van der Waals surface area (Å²) in [4.78, 5) is 63.8. The highest BCUT2D eigenvalue weighted by Crippen LogP contribution is 2.20. The van der Waals surface area contributed by atoms with Crippen LogP contribution in [0.3, 0.4) is 0 Å². The van der Waals surface area contributed by atoms with E-state index >= 15 is 0 Å². The molecule has 174 valence electrons. The van der Waals surface area contributed by atoms with E-state index in [1.807, 2.05) is 0 Å². The summed E-state index contributed by atoms with van der Waals surface area (Å²) < 4.78 is 0. The van der Waals surface area contributed by atoms with E-state index in [9.17, 15) is 24.0 Å². The number of hydrogen-bond donors (Lipinski definition) is 6. The lowest BCUT2D eigenvalue weighted by Crippen LogP contribution is -2.54. The summed E-state index contributed by atoms with van der Waals surface area (Å²) in [5, 5.41) is 14.0. The molecule has 11 nitrogen and oxygen atoms in total. The van der Waals surface area contributed by atoms with E-state index in [0.717, 1.165) is 0 Å². The number of amides is 4. The molecule has 31 heavy (non-hydrogen) atoms. The summed E-state index contributed by atoms with van der Waals surface area (Å²) in [6.07, 6.45) is 2.11. The SMILES string of the molecule is N[C@@H](CS)C(=O)N1CCC[C@H]1C(=O)NCC(=O)N1CCC[C@H]1C(=O)N[C@@H](CS)C(=O)O. The van der Waals surface area contributed by atoms with E-state index in [4.69, 9.17) is 10.8 Å². The van der Waals surface area contributed by atoms with Gasteiger partial charge >= 0.3 is 5.97 Å². The number of carbonyl (C=O) groups is 5. The molecule has 0 aliphatic carbocycles. The summed E-state index contributed by atoms with van der Waals surface area (Å²) in [6.45, 7) is 0.418. The van der Waals surface area contributed by atoms with Crippen LogP contribution in [0.5, 0.6) is 0 Å². The lowest BCUT2D eigenvalue weighted by molar-refractivity contribution is -0.143. The topological polar surface area (TPSA) is 162 Å². The van der Waals surface area contributed by atoms with Gasteiger partial charge in [0.15, 0.2) is 0 Å². The lowest BCUT2D eigenvalue weighted by atomic mass is 10.2. The number of hydrogen-bond acceptors (Lipinski definition) is 8. The van der Waals surface area contributed by atoms with Crippen LogP contribution in [-0.2, 0) is 24.0 Å². The van der Waals surface area contributed by atoms with Gasteiger partial charge in [-0.2, -0.15) is 25.3 Å². The van der Waals surface area contributed by atoms with Crippen LogP contribution in [0.2, 0.25) is 0 Å². The zero-order valence-corrected chi connectivity index (χ0v) is 18.8. The van der Waals surface area contributed by atoms with Gasteiger partial charge in [-0.25, -0.2) is 4.79 Å². The maximum Gasteiger partial charge on any atom is 0.327 e. The van der Waals surface area contributed by atoms with Crippen LogP contribution >= 0.6 is 25.3 Å². The molecule has 0 aromatic rings. The quantitative estimate of drug-likeness (QED) is 0.207. The maximum atomic E-state index is 12.6. The van der Waals surface area contributed by atoms with Gasteiger partial charge in [-0.05, 0) is 25.7 Å². The second-order valence-corrected chi connectivity index (χ2v) is 8.25. The smallest absolute Gasteiger partial charge is 0.327 e. The Hall–Kier alpha value is -1.99. The van der Waals surface area contributed by atoms with Crippen LogP contribution in [0, 0.1) is 0 Å². The monoisotopic (exact) mass is 475 g/mol. The predicted octanol–water partition coefficient (Wildman–Crippen LogP) is -2.16. The van der Waals surface area contributed by atoms with E-state index < -0.39 is 47.9 Å². The summed E-state index contributed by atoms with van der Waals surface area (Å²) in [5.41, 5.74) is 5.73. The molecule has 2 rings (SSSR count). The average Bonchev–Trinajstić information content (AvgIpc) is 3.43. The van der Waals surface area contributed by atoms with Crippen LogP contribution in [0.1, 0.15) is 25.7 Å². The molecule has 2 heterocycles. The minimum Gasteiger partial charge on any atom is -0.480 e. The third-order valence-corrected chi connectivity index (χ3v) is 6.20. The highest BCUT2D eigenvalue weighted by Gasteiger charge is 2.38. The molecule has 5 N–H and O–H groups in total. The van der Waals surface area contributed by atoms with E-state index in [0.29, 0.717) is 38.8 Å². The number of carboxylic acid groups (broad SMARTS) is 1. The average molecular weight is 476 g/mol. The van der Waals surface area contributed by atoms with Crippen molar-refractivity contribution >= 4 is 54.9 Å². The molecule has 13 heteroatoms. The number of likely N-dealkylation sites (tertiary alicyclic amines) is 2. The van der Waals surface area contributed by atoms with Gasteiger partial charge in [-0.3, -0.25) is 19.2 Å². The van der Waals surface area contributed by atoms with Crippen molar-refractivity contribution in [2.45, 2.75) is 49.9 Å². The third kappa shape index (κ3) is 6.26. The number of nitrogens with zero attached hydrogens (tertiary/aromatic N) is 2. The summed E-state index contributed by atoms with van der Waals surface area (Å²) >= 11 is 7.93. The fourth-order valence-corrected chi connectivity index (χ4v) is 4.17. The second kappa shape index (κ2) is 11.6. The molecule has 4 amide bonds. The normalized spacial score (nSPS) is 22.7. The Morgan fingerprint density at radius 1 is 0.968 bits per heavy atom. The van der Waals surface area contributed by atoms with Crippen molar-refractivity contribution in [2.24, 2.45) is 5.73 Å². The molecule has 0 bridgehead atoms. The van der Waals surface area contributed by atoms with E-state index in [1.54, 1.807) is 0 Å². The van der Waals surface area contributed by atoms with E-state index in [1.165, 1.54) is 9.80 Å². The lowest BCUT2D eigenvalue weighted by Gasteiger charge is -2.27. The van der Waals surface area contributed by atoms with Crippen molar-refractivity contribution in [3.63, 3.8) is 0 Å². The molecule has 2 aliphatic rings. The molecule has 0 spiro atoms. The fraction of sp³-hybridized carbons (Fsp3) is 0.722. The Balaban J connectivity index is 1.92. The third-order valence-electron chi connectivity index (χ3n) is 5.44. The first-order valence-corrected chi connectivity index (χ1v) is 11.4. The molecule has 2 saturated heterocycles. The van der Waals surface area contributed by atoms with Crippen LogP contribution < -0.4 is 16.4 Å². The summed E-state index contributed by atoms with van der Waals surface area (Å²) in [6, 6.07) is -3.45. The molecule has 0 radical (unpaired) electrons. The molecule has 0 saturated carbocycles. The Kier molecular flexibility index (Phi) is 9.44. The van der Waals surface area contributed by atoms with Crippen molar-refractivity contribution in [3.8, 4) is 0 Å². The zero-order valence-electron chi connectivity index (χ0n) is 17.0. The van der Waals surface area contributed by atoms with E-state index in [2.05, 4.69) is 35.9 Å². The van der Waals surface area contributed by atoms with Gasteiger partial charge in [0.05, 0.1) is 12.6 Å². The molecule has 4 atom stereocenters. The van der Waals surface area contributed by atoms with Crippen LogP contribution in [0.25, 0.3) is 0 Å². The van der Waals surface area contributed by atoms with Crippen LogP contribution in [-0.4, -0.2) is 99.8 Å². The summed E-state index contributed by atoms with van der Waals surface area (Å²) in [5.74, 6) is -2.94. The second-order valence-electron chi connectivity index (χ2n) is 7.52. The first-order chi connectivity index (χ1) is 14.7. The molecule has 0 aromatic heterocycles. The van der Waals surface area contributed by atoms with Crippen molar-refractivity contribution < 1.29 is 29.1 Å². The van der Waals surface area contributed by atoms with Crippen molar-refractivity contribution in [2.75, 3.05) is 31.1 Å². The largest absolute Gasteiger partial charge is 0.480 e. The minimum atomic E-state index is -1.21. The molecule has 0 aromatic carbocycles. The highest BCUT2D eigenvalue weighted by atomic mass is 32.1. The zero-order chi connectivity index (χ0) is 23.1. The van der Waals surface area contributed by atoms with Gasteiger partial charge < -0.3 is 31.3 Å². The number of rotatable bonds is 9. The Morgan fingerprint density at radius 3 is 2.10 bits per heavy atom. The highest BCUT2D eigenvalue weighted by molar-refractivity contribution is 7.80. The molecule has 2 fully saturated rings. The minimum absolute atomic E-state index is 0.0781. The Bertz CT molecular complexity index is 724. The number of aliphatic carboxylic acids is 1. The molecular weight excluding hydrogens is 446 g/mol.